The number of carboxylic acids is 1. The SMILES string of the molecule is Cc1ccc(/C=C/C(=O)N2C[C@@H](C)[C@H](C(=O)O)C2)c(C)c1. The minimum Gasteiger partial charge on any atom is -0.481 e. The third-order valence-corrected chi connectivity index (χ3v) is 4.07. The second-order valence-corrected chi connectivity index (χ2v) is 5.86. The molecule has 0 aromatic heterocycles. The van der Waals surface area contributed by atoms with E-state index in [2.05, 4.69) is 6.07 Å². The van der Waals surface area contributed by atoms with Gasteiger partial charge in [0.25, 0.3) is 0 Å². The third-order valence-electron chi connectivity index (χ3n) is 4.07. The predicted molar refractivity (Wildman–Crippen MR) is 81.8 cm³/mol. The van der Waals surface area contributed by atoms with Crippen LogP contribution in [0.4, 0.5) is 0 Å². The molecule has 0 unspecified atom stereocenters. The van der Waals surface area contributed by atoms with Crippen LogP contribution < -0.4 is 0 Å². The van der Waals surface area contributed by atoms with Crippen molar-refractivity contribution in [2.75, 3.05) is 13.1 Å². The van der Waals surface area contributed by atoms with Crippen LogP contribution in [0, 0.1) is 25.7 Å². The first kappa shape index (κ1) is 15.3. The summed E-state index contributed by atoms with van der Waals surface area (Å²) >= 11 is 0. The number of likely N-dealkylation sites (tertiary alicyclic amines) is 1. The average molecular weight is 287 g/mol. The molecule has 1 N–H and O–H groups in total. The highest BCUT2D eigenvalue weighted by Gasteiger charge is 2.36. The molecule has 0 spiro atoms. The van der Waals surface area contributed by atoms with E-state index in [0.29, 0.717) is 13.1 Å². The van der Waals surface area contributed by atoms with Gasteiger partial charge in [-0.1, -0.05) is 30.7 Å². The molecular weight excluding hydrogens is 266 g/mol. The molecule has 1 aromatic rings. The van der Waals surface area contributed by atoms with E-state index >= 15 is 0 Å². The van der Waals surface area contributed by atoms with Crippen LogP contribution in [0.1, 0.15) is 23.6 Å². The highest BCUT2D eigenvalue weighted by molar-refractivity contribution is 5.92. The number of hydrogen-bond donors (Lipinski definition) is 1. The molecule has 1 heterocycles. The molecule has 0 saturated carbocycles. The number of benzene rings is 1. The first-order valence-corrected chi connectivity index (χ1v) is 7.15. The van der Waals surface area contributed by atoms with Crippen molar-refractivity contribution in [2.45, 2.75) is 20.8 Å². The number of carbonyl (C=O) groups is 2. The maximum absolute atomic E-state index is 12.2. The van der Waals surface area contributed by atoms with Crippen molar-refractivity contribution in [3.63, 3.8) is 0 Å². The van der Waals surface area contributed by atoms with Gasteiger partial charge in [0.2, 0.25) is 5.91 Å². The summed E-state index contributed by atoms with van der Waals surface area (Å²) in [6.07, 6.45) is 3.34. The monoisotopic (exact) mass is 287 g/mol. The minimum atomic E-state index is -0.823. The fraction of sp³-hybridized carbons (Fsp3) is 0.412. The number of carboxylic acid groups (broad SMARTS) is 1. The summed E-state index contributed by atoms with van der Waals surface area (Å²) in [6.45, 7) is 6.72. The number of hydrogen-bond acceptors (Lipinski definition) is 2. The van der Waals surface area contributed by atoms with E-state index in [0.717, 1.165) is 11.1 Å². The van der Waals surface area contributed by atoms with Gasteiger partial charge in [-0.05, 0) is 37.0 Å². The minimum absolute atomic E-state index is 0.000890. The molecule has 0 bridgehead atoms. The van der Waals surface area contributed by atoms with Crippen LogP contribution in [0.3, 0.4) is 0 Å². The number of aliphatic carboxylic acids is 1. The second-order valence-electron chi connectivity index (χ2n) is 5.86. The van der Waals surface area contributed by atoms with Crippen LogP contribution in [0.25, 0.3) is 6.08 Å². The molecule has 1 aliphatic rings. The highest BCUT2D eigenvalue weighted by Crippen LogP contribution is 2.23. The maximum Gasteiger partial charge on any atom is 0.308 e. The van der Waals surface area contributed by atoms with Gasteiger partial charge in [-0.3, -0.25) is 9.59 Å². The fourth-order valence-corrected chi connectivity index (χ4v) is 2.75. The summed E-state index contributed by atoms with van der Waals surface area (Å²) in [5, 5.41) is 9.10. The van der Waals surface area contributed by atoms with E-state index < -0.39 is 11.9 Å². The molecule has 1 amide bonds. The molecule has 1 fully saturated rings. The largest absolute Gasteiger partial charge is 0.481 e. The fourth-order valence-electron chi connectivity index (χ4n) is 2.75. The van der Waals surface area contributed by atoms with Gasteiger partial charge in [0.1, 0.15) is 0 Å². The van der Waals surface area contributed by atoms with Gasteiger partial charge in [-0.15, -0.1) is 0 Å². The van der Waals surface area contributed by atoms with Crippen molar-refractivity contribution in [3.8, 4) is 0 Å². The van der Waals surface area contributed by atoms with Crippen molar-refractivity contribution in [1.29, 1.82) is 0 Å². The Bertz CT molecular complexity index is 592. The quantitative estimate of drug-likeness (QED) is 0.869. The number of nitrogens with zero attached hydrogens (tertiary/aromatic N) is 1. The normalized spacial score (nSPS) is 22.0. The van der Waals surface area contributed by atoms with Crippen LogP contribution in [0.2, 0.25) is 0 Å². The smallest absolute Gasteiger partial charge is 0.308 e. The summed E-state index contributed by atoms with van der Waals surface area (Å²) in [4.78, 5) is 24.9. The van der Waals surface area contributed by atoms with Crippen molar-refractivity contribution in [3.05, 3.63) is 41.0 Å². The molecule has 1 aliphatic heterocycles. The summed E-state index contributed by atoms with van der Waals surface area (Å²) in [6, 6.07) is 6.07. The van der Waals surface area contributed by atoms with Gasteiger partial charge < -0.3 is 10.0 Å². The lowest BCUT2D eigenvalue weighted by atomic mass is 9.99. The molecule has 4 nitrogen and oxygen atoms in total. The van der Waals surface area contributed by atoms with Crippen LogP contribution >= 0.6 is 0 Å². The number of amides is 1. The third kappa shape index (κ3) is 3.51. The summed E-state index contributed by atoms with van der Waals surface area (Å²) in [7, 11) is 0. The van der Waals surface area contributed by atoms with Gasteiger partial charge >= 0.3 is 5.97 Å². The Kier molecular flexibility index (Phi) is 4.46. The lowest BCUT2D eigenvalue weighted by Crippen LogP contribution is -2.28. The Hall–Kier alpha value is -2.10. The lowest BCUT2D eigenvalue weighted by Gasteiger charge is -2.13. The molecule has 112 valence electrons. The first-order chi connectivity index (χ1) is 9.88. The Morgan fingerprint density at radius 3 is 2.57 bits per heavy atom. The molecule has 4 heteroatoms. The van der Waals surface area contributed by atoms with E-state index in [1.165, 1.54) is 11.6 Å². The van der Waals surface area contributed by atoms with Crippen molar-refractivity contribution < 1.29 is 14.7 Å². The first-order valence-electron chi connectivity index (χ1n) is 7.15. The van der Waals surface area contributed by atoms with Gasteiger partial charge in [-0.2, -0.15) is 0 Å². The summed E-state index contributed by atoms with van der Waals surface area (Å²) < 4.78 is 0. The Balaban J connectivity index is 2.05. The molecule has 1 aromatic carbocycles. The highest BCUT2D eigenvalue weighted by atomic mass is 16.4. The van der Waals surface area contributed by atoms with Gasteiger partial charge in [0.05, 0.1) is 5.92 Å². The predicted octanol–water partition coefficient (Wildman–Crippen LogP) is 2.50. The number of aryl methyl sites for hydroxylation is 2. The van der Waals surface area contributed by atoms with Crippen LogP contribution in [0.5, 0.6) is 0 Å². The molecule has 2 rings (SSSR count). The van der Waals surface area contributed by atoms with Crippen LogP contribution in [-0.2, 0) is 9.59 Å². The van der Waals surface area contributed by atoms with Gasteiger partial charge in [-0.25, -0.2) is 0 Å². The topological polar surface area (TPSA) is 57.6 Å². The Morgan fingerprint density at radius 1 is 1.29 bits per heavy atom. The van der Waals surface area contributed by atoms with E-state index in [1.807, 2.05) is 32.9 Å². The number of rotatable bonds is 3. The summed E-state index contributed by atoms with van der Waals surface area (Å²) in [5.41, 5.74) is 3.32. The zero-order valence-electron chi connectivity index (χ0n) is 12.7. The van der Waals surface area contributed by atoms with Crippen LogP contribution in [-0.4, -0.2) is 35.0 Å². The number of carbonyl (C=O) groups excluding carboxylic acids is 1. The molecule has 0 aliphatic carbocycles. The summed E-state index contributed by atoms with van der Waals surface area (Å²) in [5.74, 6) is -1.40. The lowest BCUT2D eigenvalue weighted by molar-refractivity contribution is -0.142. The molecule has 0 radical (unpaired) electrons. The zero-order chi connectivity index (χ0) is 15.6. The van der Waals surface area contributed by atoms with Crippen molar-refractivity contribution in [2.24, 2.45) is 11.8 Å². The van der Waals surface area contributed by atoms with Crippen molar-refractivity contribution >= 4 is 18.0 Å². The maximum atomic E-state index is 12.2. The molecular formula is C17H21NO3. The molecule has 21 heavy (non-hydrogen) atoms. The van der Waals surface area contributed by atoms with Crippen molar-refractivity contribution in [1.82, 2.24) is 4.90 Å². The van der Waals surface area contributed by atoms with Crippen LogP contribution in [0.15, 0.2) is 24.3 Å². The van der Waals surface area contributed by atoms with Gasteiger partial charge in [0.15, 0.2) is 0 Å². The molecule has 1 saturated heterocycles. The van der Waals surface area contributed by atoms with E-state index in [-0.39, 0.29) is 11.8 Å². The van der Waals surface area contributed by atoms with E-state index in [9.17, 15) is 9.59 Å². The zero-order valence-corrected chi connectivity index (χ0v) is 12.7. The molecule has 2 atom stereocenters. The van der Waals surface area contributed by atoms with Gasteiger partial charge in [0, 0.05) is 19.2 Å². The van der Waals surface area contributed by atoms with E-state index in [1.54, 1.807) is 11.0 Å². The Morgan fingerprint density at radius 2 is 2.00 bits per heavy atom. The second kappa shape index (κ2) is 6.12. The Labute approximate surface area is 125 Å². The average Bonchev–Trinajstić information content (AvgIpc) is 2.80. The van der Waals surface area contributed by atoms with E-state index in [4.69, 9.17) is 5.11 Å². The standard InChI is InChI=1S/C17H21NO3/c1-11-4-5-14(12(2)8-11)6-7-16(19)18-9-13(3)15(10-18)17(20)21/h4-8,13,15H,9-10H2,1-3H3,(H,20,21)/b7-6+/t13-,15-/m1/s1.